The van der Waals surface area contributed by atoms with Crippen molar-refractivity contribution in [3.8, 4) is 0 Å². The fourth-order valence-corrected chi connectivity index (χ4v) is 2.59. The van der Waals surface area contributed by atoms with Crippen LogP contribution >= 0.6 is 23.4 Å². The minimum atomic E-state index is 0.355. The van der Waals surface area contributed by atoms with Gasteiger partial charge in [0.25, 0.3) is 5.22 Å². The van der Waals surface area contributed by atoms with Crippen LogP contribution in [0, 0.1) is 0 Å². The molecule has 0 fully saturated rings. The Morgan fingerprint density at radius 2 is 2.00 bits per heavy atom. The number of aromatic nitrogens is 2. The van der Waals surface area contributed by atoms with E-state index in [1.807, 2.05) is 24.3 Å². The fraction of sp³-hybridized carbons (Fsp3) is 0. The highest BCUT2D eigenvalue weighted by molar-refractivity contribution is 7.99. The molecule has 0 unspecified atom stereocenters. The molecule has 0 spiro atoms. The molecule has 0 bridgehead atoms. The van der Waals surface area contributed by atoms with Crippen LogP contribution in [0.25, 0.3) is 11.1 Å². The molecule has 3 aromatic rings. The molecule has 0 atom stereocenters. The average Bonchev–Trinajstić information content (AvgIpc) is 2.69. The van der Waals surface area contributed by atoms with Gasteiger partial charge in [-0.15, -0.1) is 0 Å². The number of anilines is 1. The molecule has 0 amide bonds. The van der Waals surface area contributed by atoms with Crippen molar-refractivity contribution in [3.05, 3.63) is 41.6 Å². The molecule has 2 aromatic heterocycles. The lowest BCUT2D eigenvalue weighted by atomic mass is 10.3. The van der Waals surface area contributed by atoms with E-state index in [-0.39, 0.29) is 0 Å². The molecule has 1 aromatic carbocycles. The minimum Gasteiger partial charge on any atom is -0.431 e. The van der Waals surface area contributed by atoms with E-state index in [9.17, 15) is 0 Å². The molecule has 90 valence electrons. The predicted octanol–water partition coefficient (Wildman–Crippen LogP) is 3.61. The van der Waals surface area contributed by atoms with Gasteiger partial charge in [0.2, 0.25) is 0 Å². The Hall–Kier alpha value is -1.72. The van der Waals surface area contributed by atoms with E-state index in [4.69, 9.17) is 21.8 Å². The SMILES string of the molecule is Nc1cc(Cl)nc(Sc2nc3ccccc3o2)c1. The second-order valence-corrected chi connectivity index (χ2v) is 4.97. The van der Waals surface area contributed by atoms with Gasteiger partial charge in [-0.05, 0) is 36.0 Å². The van der Waals surface area contributed by atoms with Gasteiger partial charge in [-0.3, -0.25) is 0 Å². The van der Waals surface area contributed by atoms with Crippen LogP contribution < -0.4 is 5.73 Å². The lowest BCUT2D eigenvalue weighted by Crippen LogP contribution is -1.88. The number of nitrogens with zero attached hydrogens (tertiary/aromatic N) is 2. The van der Waals surface area contributed by atoms with E-state index < -0.39 is 0 Å². The van der Waals surface area contributed by atoms with Crippen molar-refractivity contribution < 1.29 is 4.42 Å². The number of hydrogen-bond acceptors (Lipinski definition) is 5. The van der Waals surface area contributed by atoms with E-state index in [2.05, 4.69) is 9.97 Å². The summed E-state index contributed by atoms with van der Waals surface area (Å²) in [5.74, 6) is 0. The van der Waals surface area contributed by atoms with Crippen LogP contribution in [0.4, 0.5) is 5.69 Å². The Labute approximate surface area is 112 Å². The smallest absolute Gasteiger partial charge is 0.263 e. The third kappa shape index (κ3) is 2.27. The number of halogens is 1. The maximum Gasteiger partial charge on any atom is 0.263 e. The quantitative estimate of drug-likeness (QED) is 0.725. The first-order chi connectivity index (χ1) is 8.70. The molecule has 0 aliphatic carbocycles. The number of pyridine rings is 1. The van der Waals surface area contributed by atoms with Gasteiger partial charge >= 0.3 is 0 Å². The molecule has 0 aliphatic heterocycles. The Morgan fingerprint density at radius 1 is 1.17 bits per heavy atom. The number of nitrogen functional groups attached to an aromatic ring is 1. The highest BCUT2D eigenvalue weighted by atomic mass is 35.5. The van der Waals surface area contributed by atoms with Crippen molar-refractivity contribution in [3.63, 3.8) is 0 Å². The molecule has 4 nitrogen and oxygen atoms in total. The zero-order valence-electron chi connectivity index (χ0n) is 9.13. The van der Waals surface area contributed by atoms with Gasteiger partial charge in [-0.25, -0.2) is 9.97 Å². The van der Waals surface area contributed by atoms with Crippen molar-refractivity contribution in [2.45, 2.75) is 10.2 Å². The summed E-state index contributed by atoms with van der Waals surface area (Å²) in [4.78, 5) is 8.49. The van der Waals surface area contributed by atoms with Crippen LogP contribution in [-0.4, -0.2) is 9.97 Å². The third-order valence-corrected chi connectivity index (χ3v) is 3.22. The summed E-state index contributed by atoms with van der Waals surface area (Å²) in [6.07, 6.45) is 0. The first-order valence-electron chi connectivity index (χ1n) is 5.17. The molecule has 0 aliphatic rings. The van der Waals surface area contributed by atoms with Gasteiger partial charge in [-0.1, -0.05) is 23.7 Å². The molecule has 2 N–H and O–H groups in total. The Kier molecular flexibility index (Phi) is 2.85. The first kappa shape index (κ1) is 11.4. The van der Waals surface area contributed by atoms with Gasteiger partial charge in [0.05, 0.1) is 0 Å². The van der Waals surface area contributed by atoms with Crippen LogP contribution in [0.2, 0.25) is 5.15 Å². The summed E-state index contributed by atoms with van der Waals surface area (Å²) in [6, 6.07) is 10.9. The number of benzene rings is 1. The number of hydrogen-bond donors (Lipinski definition) is 1. The van der Waals surface area contributed by atoms with Crippen LogP contribution in [-0.2, 0) is 0 Å². The van der Waals surface area contributed by atoms with E-state index in [0.29, 0.717) is 21.1 Å². The summed E-state index contributed by atoms with van der Waals surface area (Å²) in [7, 11) is 0. The molecule has 18 heavy (non-hydrogen) atoms. The van der Waals surface area contributed by atoms with Crippen molar-refractivity contribution in [1.29, 1.82) is 0 Å². The molecular formula is C12H8ClN3OS. The third-order valence-electron chi connectivity index (χ3n) is 2.26. The fourth-order valence-electron chi connectivity index (χ4n) is 1.53. The number of nitrogens with two attached hydrogens (primary N) is 1. The lowest BCUT2D eigenvalue weighted by molar-refractivity contribution is 0.489. The van der Waals surface area contributed by atoms with Crippen molar-refractivity contribution >= 4 is 40.1 Å². The second kappa shape index (κ2) is 4.51. The van der Waals surface area contributed by atoms with Gasteiger partial charge < -0.3 is 10.2 Å². The van der Waals surface area contributed by atoms with Gasteiger partial charge in [-0.2, -0.15) is 0 Å². The van der Waals surface area contributed by atoms with Gasteiger partial charge in [0.15, 0.2) is 5.58 Å². The largest absolute Gasteiger partial charge is 0.431 e. The normalized spacial score (nSPS) is 10.9. The van der Waals surface area contributed by atoms with Crippen LogP contribution in [0.1, 0.15) is 0 Å². The summed E-state index contributed by atoms with van der Waals surface area (Å²) in [5.41, 5.74) is 7.82. The van der Waals surface area contributed by atoms with Crippen molar-refractivity contribution in [2.75, 3.05) is 5.73 Å². The summed E-state index contributed by atoms with van der Waals surface area (Å²) >= 11 is 7.13. The molecule has 6 heteroatoms. The molecule has 0 radical (unpaired) electrons. The zero-order chi connectivity index (χ0) is 12.5. The maximum absolute atomic E-state index is 5.84. The summed E-state index contributed by atoms with van der Waals surface area (Å²) < 4.78 is 5.58. The number of oxazole rings is 1. The Morgan fingerprint density at radius 3 is 2.78 bits per heavy atom. The van der Waals surface area contributed by atoms with Crippen LogP contribution in [0.5, 0.6) is 0 Å². The van der Waals surface area contributed by atoms with E-state index in [0.717, 1.165) is 11.1 Å². The molecule has 2 heterocycles. The maximum atomic E-state index is 5.84. The predicted molar refractivity (Wildman–Crippen MR) is 71.8 cm³/mol. The standard InChI is InChI=1S/C12H8ClN3OS/c13-10-5-7(14)6-11(16-10)18-12-15-8-3-1-2-4-9(8)17-12/h1-6H,(H2,14,16). The van der Waals surface area contributed by atoms with E-state index in [1.165, 1.54) is 11.8 Å². The topological polar surface area (TPSA) is 64.9 Å². The highest BCUT2D eigenvalue weighted by Crippen LogP contribution is 2.30. The zero-order valence-corrected chi connectivity index (χ0v) is 10.7. The second-order valence-electron chi connectivity index (χ2n) is 3.61. The Bertz CT molecular complexity index is 660. The van der Waals surface area contributed by atoms with Crippen LogP contribution in [0.15, 0.2) is 51.1 Å². The highest BCUT2D eigenvalue weighted by Gasteiger charge is 2.09. The average molecular weight is 278 g/mol. The summed E-state index contributed by atoms with van der Waals surface area (Å²) in [6.45, 7) is 0. The molecule has 0 saturated carbocycles. The van der Waals surface area contributed by atoms with Crippen molar-refractivity contribution in [1.82, 2.24) is 9.97 Å². The minimum absolute atomic E-state index is 0.355. The van der Waals surface area contributed by atoms with Crippen molar-refractivity contribution in [2.24, 2.45) is 0 Å². The Balaban J connectivity index is 1.96. The summed E-state index contributed by atoms with van der Waals surface area (Å²) in [5, 5.41) is 1.53. The van der Waals surface area contributed by atoms with Gasteiger partial charge in [0.1, 0.15) is 15.7 Å². The first-order valence-corrected chi connectivity index (χ1v) is 6.37. The number of fused-ring (bicyclic) bond motifs is 1. The molecule has 3 rings (SSSR count). The molecular weight excluding hydrogens is 270 g/mol. The van der Waals surface area contributed by atoms with E-state index in [1.54, 1.807) is 12.1 Å². The van der Waals surface area contributed by atoms with Crippen LogP contribution in [0.3, 0.4) is 0 Å². The molecule has 0 saturated heterocycles. The van der Waals surface area contributed by atoms with Gasteiger partial charge in [0, 0.05) is 5.69 Å². The number of rotatable bonds is 2. The number of para-hydroxylation sites is 2. The van der Waals surface area contributed by atoms with E-state index >= 15 is 0 Å². The lowest BCUT2D eigenvalue weighted by Gasteiger charge is -1.99. The monoisotopic (exact) mass is 277 g/mol.